The summed E-state index contributed by atoms with van der Waals surface area (Å²) in [7, 11) is 0. The van der Waals surface area contributed by atoms with E-state index in [-0.39, 0.29) is 30.3 Å². The molecule has 1 amide bonds. The Hall–Kier alpha value is -2.57. The van der Waals surface area contributed by atoms with E-state index in [0.29, 0.717) is 5.56 Å². The van der Waals surface area contributed by atoms with Crippen LogP contribution in [0.5, 0.6) is 0 Å². The van der Waals surface area contributed by atoms with Crippen molar-refractivity contribution in [3.8, 4) is 0 Å². The Kier molecular flexibility index (Phi) is 8.50. The van der Waals surface area contributed by atoms with Crippen LogP contribution in [-0.2, 0) is 22.2 Å². The molecule has 1 saturated carbocycles. The van der Waals surface area contributed by atoms with Crippen molar-refractivity contribution in [2.75, 3.05) is 6.54 Å². The van der Waals surface area contributed by atoms with Gasteiger partial charge in [-0.1, -0.05) is 57.2 Å². The zero-order chi connectivity index (χ0) is 25.8. The number of nitrogens with two attached hydrogens (primary N) is 1. The smallest absolute Gasteiger partial charge is 0.217 e. The van der Waals surface area contributed by atoms with Crippen LogP contribution in [0.3, 0.4) is 0 Å². The van der Waals surface area contributed by atoms with Gasteiger partial charge < -0.3 is 16.2 Å². The average molecular weight is 485 g/mol. The first kappa shape index (κ1) is 27.0. The molecule has 1 aliphatic rings. The van der Waals surface area contributed by atoms with Crippen LogP contribution in [0.25, 0.3) is 0 Å². The lowest BCUT2D eigenvalue weighted by molar-refractivity contribution is -0.119. The van der Waals surface area contributed by atoms with Gasteiger partial charge >= 0.3 is 0 Å². The molecule has 0 spiro atoms. The van der Waals surface area contributed by atoms with Crippen molar-refractivity contribution in [3.05, 3.63) is 82.9 Å². The molecular weight excluding hydrogens is 446 g/mol. The van der Waals surface area contributed by atoms with E-state index in [1.165, 1.54) is 17.7 Å². The van der Waals surface area contributed by atoms with Crippen molar-refractivity contribution < 1.29 is 18.7 Å². The summed E-state index contributed by atoms with van der Waals surface area (Å²) >= 11 is 0. The van der Waals surface area contributed by atoms with Crippen LogP contribution >= 0.6 is 0 Å². The quantitative estimate of drug-likeness (QED) is 0.424. The first-order chi connectivity index (χ1) is 16.4. The molecule has 3 unspecified atom stereocenters. The molecule has 2 aromatic rings. The van der Waals surface area contributed by atoms with Crippen molar-refractivity contribution in [2.24, 2.45) is 11.7 Å². The van der Waals surface area contributed by atoms with Gasteiger partial charge in [0.1, 0.15) is 11.6 Å². The number of carbonyl (C=O) groups is 1. The minimum atomic E-state index is -0.938. The minimum absolute atomic E-state index is 0.00476. The number of benzene rings is 2. The summed E-state index contributed by atoms with van der Waals surface area (Å²) in [6.45, 7) is 11.0. The van der Waals surface area contributed by atoms with Crippen LogP contribution in [0.2, 0.25) is 0 Å². The van der Waals surface area contributed by atoms with E-state index >= 15 is 0 Å². The van der Waals surface area contributed by atoms with E-state index in [2.05, 4.69) is 56.9 Å². The highest BCUT2D eigenvalue weighted by molar-refractivity contribution is 5.74. The van der Waals surface area contributed by atoms with Crippen molar-refractivity contribution in [3.63, 3.8) is 0 Å². The van der Waals surface area contributed by atoms with Crippen LogP contribution in [0, 0.1) is 17.6 Å². The van der Waals surface area contributed by atoms with Gasteiger partial charge in [-0.3, -0.25) is 4.79 Å². The Balaban J connectivity index is 1.84. The second-order valence-corrected chi connectivity index (χ2v) is 11.1. The minimum Gasteiger partial charge on any atom is -0.391 e. The Labute approximate surface area is 207 Å². The standard InChI is InChI=1S/C29H38F2N2O2/c1-19-7-6-10-29(17-19,23-9-5-8-22(15-23)28(2,3)4)33-18-26(34)21(14-27(32)35)11-20-12-24(30)16-25(31)13-20/h5,8-9,12-13,15-16,21,26,33-34H,1,6-7,10-11,14,17-18H2,2-4H3,(H2,32,35). The molecule has 0 saturated heterocycles. The lowest BCUT2D eigenvalue weighted by Gasteiger charge is -2.41. The summed E-state index contributed by atoms with van der Waals surface area (Å²) in [4.78, 5) is 11.7. The molecule has 4 N–H and O–H groups in total. The number of halogens is 2. The SMILES string of the molecule is C=C1CCCC(NCC(O)C(CC(N)=O)Cc2cc(F)cc(F)c2)(c2cccc(C(C)(C)C)c2)C1. The highest BCUT2D eigenvalue weighted by atomic mass is 19.1. The number of rotatable bonds is 9. The number of aliphatic hydroxyl groups excluding tert-OH is 1. The van der Waals surface area contributed by atoms with E-state index in [1.54, 1.807) is 0 Å². The number of hydrogen-bond acceptors (Lipinski definition) is 3. The van der Waals surface area contributed by atoms with Gasteiger partial charge in [0.05, 0.1) is 6.10 Å². The maximum atomic E-state index is 13.7. The summed E-state index contributed by atoms with van der Waals surface area (Å²) in [5, 5.41) is 14.7. The number of hydrogen-bond donors (Lipinski definition) is 3. The molecule has 0 heterocycles. The fourth-order valence-electron chi connectivity index (χ4n) is 5.13. The number of aliphatic hydroxyl groups is 1. The van der Waals surface area contributed by atoms with E-state index in [9.17, 15) is 18.7 Å². The topological polar surface area (TPSA) is 75.3 Å². The molecule has 0 bridgehead atoms. The normalized spacial score (nSPS) is 20.5. The summed E-state index contributed by atoms with van der Waals surface area (Å²) in [6.07, 6.45) is 2.71. The molecule has 35 heavy (non-hydrogen) atoms. The third-order valence-electron chi connectivity index (χ3n) is 7.04. The Morgan fingerprint density at radius 1 is 1.20 bits per heavy atom. The van der Waals surface area contributed by atoms with Gasteiger partial charge in [-0.2, -0.15) is 0 Å². The van der Waals surface area contributed by atoms with Gasteiger partial charge in [0, 0.05) is 24.6 Å². The molecule has 1 aliphatic carbocycles. The van der Waals surface area contributed by atoms with Crippen molar-refractivity contribution in [2.45, 2.75) is 76.4 Å². The van der Waals surface area contributed by atoms with E-state index in [4.69, 9.17) is 5.73 Å². The molecule has 0 radical (unpaired) electrons. The van der Waals surface area contributed by atoms with Gasteiger partial charge in [-0.25, -0.2) is 8.78 Å². The fourth-order valence-corrected chi connectivity index (χ4v) is 5.13. The van der Waals surface area contributed by atoms with Crippen molar-refractivity contribution in [1.29, 1.82) is 0 Å². The van der Waals surface area contributed by atoms with Gasteiger partial charge in [0.15, 0.2) is 0 Å². The average Bonchev–Trinajstić information content (AvgIpc) is 2.75. The molecule has 3 rings (SSSR count). The van der Waals surface area contributed by atoms with Crippen LogP contribution in [-0.4, -0.2) is 23.7 Å². The number of amides is 1. The molecule has 2 aromatic carbocycles. The summed E-state index contributed by atoms with van der Waals surface area (Å²) in [6, 6.07) is 11.8. The lowest BCUT2D eigenvalue weighted by atomic mass is 9.73. The maximum Gasteiger partial charge on any atom is 0.217 e. The monoisotopic (exact) mass is 484 g/mol. The predicted molar refractivity (Wildman–Crippen MR) is 136 cm³/mol. The molecule has 1 fully saturated rings. The molecule has 4 nitrogen and oxygen atoms in total. The predicted octanol–water partition coefficient (Wildman–Crippen LogP) is 5.27. The van der Waals surface area contributed by atoms with Crippen LogP contribution in [0.15, 0.2) is 54.6 Å². The zero-order valence-corrected chi connectivity index (χ0v) is 21.0. The summed E-state index contributed by atoms with van der Waals surface area (Å²) in [5.74, 6) is -2.52. The summed E-state index contributed by atoms with van der Waals surface area (Å²) < 4.78 is 27.4. The second kappa shape index (κ2) is 11.0. The second-order valence-electron chi connectivity index (χ2n) is 11.1. The Bertz CT molecular complexity index is 1040. The fraction of sp³-hybridized carbons (Fsp3) is 0.483. The van der Waals surface area contributed by atoms with Crippen LogP contribution in [0.4, 0.5) is 8.78 Å². The maximum absolute atomic E-state index is 13.7. The molecule has 0 aliphatic heterocycles. The lowest BCUT2D eigenvalue weighted by Crippen LogP contribution is -2.49. The molecule has 190 valence electrons. The van der Waals surface area contributed by atoms with E-state index in [1.807, 2.05) is 0 Å². The summed E-state index contributed by atoms with van der Waals surface area (Å²) in [5.41, 5.74) is 8.97. The van der Waals surface area contributed by atoms with Gasteiger partial charge in [-0.15, -0.1) is 0 Å². The Morgan fingerprint density at radius 3 is 2.49 bits per heavy atom. The van der Waals surface area contributed by atoms with E-state index < -0.39 is 29.6 Å². The van der Waals surface area contributed by atoms with Gasteiger partial charge in [-0.05, 0) is 72.3 Å². The largest absolute Gasteiger partial charge is 0.391 e. The van der Waals surface area contributed by atoms with Crippen LogP contribution in [0.1, 0.15) is 69.6 Å². The van der Waals surface area contributed by atoms with Gasteiger partial charge in [0.25, 0.3) is 0 Å². The third kappa shape index (κ3) is 7.21. The van der Waals surface area contributed by atoms with Crippen molar-refractivity contribution >= 4 is 5.91 Å². The zero-order valence-electron chi connectivity index (χ0n) is 21.0. The van der Waals surface area contributed by atoms with E-state index in [0.717, 1.165) is 42.9 Å². The molecule has 0 aromatic heterocycles. The molecule has 3 atom stereocenters. The molecule has 6 heteroatoms. The highest BCUT2D eigenvalue weighted by Crippen LogP contribution is 2.40. The molecular formula is C29H38F2N2O2. The third-order valence-corrected chi connectivity index (χ3v) is 7.04. The number of nitrogens with one attached hydrogen (secondary N) is 1. The first-order valence-electron chi connectivity index (χ1n) is 12.3. The highest BCUT2D eigenvalue weighted by Gasteiger charge is 2.36. The van der Waals surface area contributed by atoms with Crippen LogP contribution < -0.4 is 11.1 Å². The van der Waals surface area contributed by atoms with Gasteiger partial charge in [0.2, 0.25) is 5.91 Å². The van der Waals surface area contributed by atoms with Crippen molar-refractivity contribution in [1.82, 2.24) is 5.32 Å². The first-order valence-corrected chi connectivity index (χ1v) is 12.3. The number of primary amides is 1. The number of carbonyl (C=O) groups excluding carboxylic acids is 1. The Morgan fingerprint density at radius 2 is 1.89 bits per heavy atom.